The number of carbonyl (C=O) groups excluding carboxylic acids is 1. The summed E-state index contributed by atoms with van der Waals surface area (Å²) >= 11 is 0. The van der Waals surface area contributed by atoms with Crippen LogP contribution in [-0.2, 0) is 24.1 Å². The van der Waals surface area contributed by atoms with Gasteiger partial charge < -0.3 is 19.3 Å². The van der Waals surface area contributed by atoms with Crippen LogP contribution in [0.1, 0.15) is 57.6 Å². The lowest BCUT2D eigenvalue weighted by molar-refractivity contribution is -0.116. The zero-order chi connectivity index (χ0) is 24.0. The molecular weight excluding hydrogens is 434 g/mol. The number of anilines is 1. The number of carboxylic acid groups (broad SMARTS) is 1. The summed E-state index contributed by atoms with van der Waals surface area (Å²) in [6.07, 6.45) is 4.52. The first kappa shape index (κ1) is 21.9. The molecule has 0 fully saturated rings. The molecule has 2 N–H and O–H groups in total. The van der Waals surface area contributed by atoms with Crippen molar-refractivity contribution in [2.75, 3.05) is 5.32 Å². The van der Waals surface area contributed by atoms with Crippen molar-refractivity contribution in [2.45, 2.75) is 52.4 Å². The van der Waals surface area contributed by atoms with Crippen molar-refractivity contribution < 1.29 is 23.5 Å². The van der Waals surface area contributed by atoms with Gasteiger partial charge in [-0.2, -0.15) is 0 Å². The molecule has 0 spiro atoms. The van der Waals surface area contributed by atoms with Gasteiger partial charge in [-0.3, -0.25) is 4.79 Å². The number of hydrogen-bond donors (Lipinski definition) is 2. The molecule has 0 saturated heterocycles. The Morgan fingerprint density at radius 2 is 1.68 bits per heavy atom. The van der Waals surface area contributed by atoms with Crippen molar-refractivity contribution in [3.8, 4) is 0 Å². The number of carbonyl (C=O) groups is 2. The van der Waals surface area contributed by atoms with Crippen LogP contribution in [0.2, 0.25) is 0 Å². The van der Waals surface area contributed by atoms with E-state index in [2.05, 4.69) is 11.4 Å². The van der Waals surface area contributed by atoms with E-state index in [0.29, 0.717) is 16.8 Å². The van der Waals surface area contributed by atoms with Crippen LogP contribution in [-0.4, -0.2) is 17.0 Å². The second kappa shape index (κ2) is 8.48. The quantitative estimate of drug-likeness (QED) is 0.392. The fourth-order valence-electron chi connectivity index (χ4n) is 4.86. The average Bonchev–Trinajstić information content (AvgIpc) is 3.19. The molecule has 0 saturated carbocycles. The molecule has 0 unspecified atom stereocenters. The van der Waals surface area contributed by atoms with Gasteiger partial charge in [-0.1, -0.05) is 0 Å². The summed E-state index contributed by atoms with van der Waals surface area (Å²) in [6, 6.07) is 8.00. The molecule has 1 amide bonds. The van der Waals surface area contributed by atoms with Crippen molar-refractivity contribution in [2.24, 2.45) is 0 Å². The van der Waals surface area contributed by atoms with Crippen LogP contribution in [0.4, 0.5) is 5.69 Å². The maximum atomic E-state index is 12.8. The Hall–Kier alpha value is -3.87. The normalized spacial score (nSPS) is 13.2. The van der Waals surface area contributed by atoms with E-state index in [1.54, 1.807) is 0 Å². The number of rotatable bonds is 5. The third kappa shape index (κ3) is 3.77. The minimum Gasteiger partial charge on any atom is -0.478 e. The molecule has 0 radical (unpaired) electrons. The lowest BCUT2D eigenvalue weighted by Gasteiger charge is -2.11. The summed E-state index contributed by atoms with van der Waals surface area (Å²) in [5.41, 5.74) is 4.92. The van der Waals surface area contributed by atoms with Crippen LogP contribution in [0.3, 0.4) is 0 Å². The summed E-state index contributed by atoms with van der Waals surface area (Å²) in [4.78, 5) is 36.3. The molecule has 0 atom stereocenters. The van der Waals surface area contributed by atoms with E-state index in [0.717, 1.165) is 58.9 Å². The van der Waals surface area contributed by atoms with E-state index in [4.69, 9.17) is 13.9 Å². The van der Waals surface area contributed by atoms with Crippen LogP contribution >= 0.6 is 0 Å². The largest absolute Gasteiger partial charge is 0.478 e. The second-order valence-electron chi connectivity index (χ2n) is 8.89. The molecule has 5 rings (SSSR count). The molecule has 174 valence electrons. The third-order valence-electron chi connectivity index (χ3n) is 6.74. The van der Waals surface area contributed by atoms with E-state index in [1.807, 2.05) is 13.8 Å². The number of aryl methyl sites for hydroxylation is 4. The topological polar surface area (TPSA) is 110 Å². The molecule has 7 heteroatoms. The lowest BCUT2D eigenvalue weighted by Crippen LogP contribution is -2.17. The van der Waals surface area contributed by atoms with E-state index >= 15 is 0 Å². The fraction of sp³-hybridized carbons (Fsp3) is 0.296. The fourth-order valence-corrected chi connectivity index (χ4v) is 4.86. The van der Waals surface area contributed by atoms with Gasteiger partial charge in [0, 0.05) is 46.0 Å². The van der Waals surface area contributed by atoms with Gasteiger partial charge in [0.25, 0.3) is 0 Å². The van der Waals surface area contributed by atoms with Gasteiger partial charge in [0.1, 0.15) is 16.9 Å². The predicted molar refractivity (Wildman–Crippen MR) is 129 cm³/mol. The van der Waals surface area contributed by atoms with Crippen LogP contribution in [0.5, 0.6) is 0 Å². The molecule has 0 bridgehead atoms. The maximum absolute atomic E-state index is 12.8. The number of fused-ring (bicyclic) bond motifs is 4. The number of benzene rings is 2. The lowest BCUT2D eigenvalue weighted by atomic mass is 9.93. The Labute approximate surface area is 195 Å². The Morgan fingerprint density at radius 1 is 0.971 bits per heavy atom. The second-order valence-corrected chi connectivity index (χ2v) is 8.89. The highest BCUT2D eigenvalue weighted by Gasteiger charge is 2.23. The van der Waals surface area contributed by atoms with Crippen molar-refractivity contribution in [3.05, 3.63) is 74.3 Å². The van der Waals surface area contributed by atoms with Crippen LogP contribution in [0.15, 0.2) is 44.0 Å². The van der Waals surface area contributed by atoms with Gasteiger partial charge in [0.15, 0.2) is 0 Å². The molecule has 2 aromatic carbocycles. The Bertz CT molecular complexity index is 1510. The summed E-state index contributed by atoms with van der Waals surface area (Å²) in [5, 5.41) is 13.7. The maximum Gasteiger partial charge on any atom is 0.339 e. The van der Waals surface area contributed by atoms with Gasteiger partial charge in [-0.15, -0.1) is 0 Å². The SMILES string of the molecule is Cc1c(CCC(=O)Nc2ccc(C(=O)O)cc2)c(=O)oc2c(C)c3oc4c(c3cc12)CCCC4. The summed E-state index contributed by atoms with van der Waals surface area (Å²) in [6.45, 7) is 3.82. The predicted octanol–water partition coefficient (Wildman–Crippen LogP) is 5.30. The molecule has 34 heavy (non-hydrogen) atoms. The van der Waals surface area contributed by atoms with Gasteiger partial charge in [0.2, 0.25) is 5.91 Å². The molecule has 0 aliphatic heterocycles. The van der Waals surface area contributed by atoms with Gasteiger partial charge >= 0.3 is 11.6 Å². The highest BCUT2D eigenvalue weighted by molar-refractivity contribution is 6.00. The average molecular weight is 459 g/mol. The standard InChI is InChI=1S/C27H25NO6/c1-14-18(11-12-23(29)28-17-9-7-16(8-10-17)26(30)31)27(32)34-24-15(2)25-21(13-20(14)24)19-5-3-4-6-22(19)33-25/h7-10,13H,3-6,11-12H2,1-2H3,(H,28,29)(H,30,31). The van der Waals surface area contributed by atoms with Gasteiger partial charge in [-0.25, -0.2) is 9.59 Å². The molecule has 7 nitrogen and oxygen atoms in total. The molecule has 1 aliphatic carbocycles. The summed E-state index contributed by atoms with van der Waals surface area (Å²) < 4.78 is 11.9. The Morgan fingerprint density at radius 3 is 2.41 bits per heavy atom. The molecule has 4 aromatic rings. The highest BCUT2D eigenvalue weighted by atomic mass is 16.4. The zero-order valence-electron chi connectivity index (χ0n) is 19.1. The van der Waals surface area contributed by atoms with E-state index in [-0.39, 0.29) is 24.3 Å². The summed E-state index contributed by atoms with van der Waals surface area (Å²) in [7, 11) is 0. The first-order chi connectivity index (χ1) is 16.3. The Kier molecular flexibility index (Phi) is 5.48. The molecule has 2 aromatic heterocycles. The van der Waals surface area contributed by atoms with Crippen LogP contribution < -0.4 is 10.9 Å². The van der Waals surface area contributed by atoms with E-state index < -0.39 is 11.6 Å². The van der Waals surface area contributed by atoms with Gasteiger partial charge in [-0.05, 0) is 75.4 Å². The minimum atomic E-state index is -1.03. The van der Waals surface area contributed by atoms with Crippen LogP contribution in [0, 0.1) is 13.8 Å². The Balaban J connectivity index is 1.43. The highest BCUT2D eigenvalue weighted by Crippen LogP contribution is 2.38. The monoisotopic (exact) mass is 459 g/mol. The van der Waals surface area contributed by atoms with Crippen molar-refractivity contribution in [1.29, 1.82) is 0 Å². The third-order valence-corrected chi connectivity index (χ3v) is 6.74. The van der Waals surface area contributed by atoms with E-state index in [9.17, 15) is 14.4 Å². The molecule has 2 heterocycles. The number of nitrogens with one attached hydrogen (secondary N) is 1. The first-order valence-electron chi connectivity index (χ1n) is 11.5. The number of furan rings is 1. The number of amides is 1. The summed E-state index contributed by atoms with van der Waals surface area (Å²) in [5.74, 6) is -0.259. The minimum absolute atomic E-state index is 0.0973. The number of hydrogen-bond acceptors (Lipinski definition) is 5. The molecular formula is C27H25NO6. The van der Waals surface area contributed by atoms with E-state index in [1.165, 1.54) is 29.8 Å². The number of carboxylic acids is 1. The smallest absolute Gasteiger partial charge is 0.339 e. The number of aromatic carboxylic acids is 1. The first-order valence-corrected chi connectivity index (χ1v) is 11.5. The van der Waals surface area contributed by atoms with Crippen molar-refractivity contribution >= 4 is 39.5 Å². The van der Waals surface area contributed by atoms with Crippen LogP contribution in [0.25, 0.3) is 21.9 Å². The van der Waals surface area contributed by atoms with Crippen molar-refractivity contribution in [1.82, 2.24) is 0 Å². The zero-order valence-corrected chi connectivity index (χ0v) is 19.1. The molecule has 1 aliphatic rings. The van der Waals surface area contributed by atoms with Crippen molar-refractivity contribution in [3.63, 3.8) is 0 Å². The van der Waals surface area contributed by atoms with Gasteiger partial charge in [0.05, 0.1) is 5.56 Å².